The first-order valence-corrected chi connectivity index (χ1v) is 13.2. The van der Waals surface area contributed by atoms with Crippen LogP contribution in [0.1, 0.15) is 92.8 Å². The molecule has 4 nitrogen and oxygen atoms in total. The number of hydrogen-bond donors (Lipinski definition) is 0. The van der Waals surface area contributed by atoms with Crippen molar-refractivity contribution >= 4 is 23.1 Å². The second-order valence-electron chi connectivity index (χ2n) is 10.1. The number of fused-ring (bicyclic) bond motifs is 1. The van der Waals surface area contributed by atoms with E-state index in [-0.39, 0.29) is 41.5 Å². The van der Waals surface area contributed by atoms with Gasteiger partial charge in [-0.05, 0) is 74.6 Å². The molecule has 0 saturated heterocycles. The lowest BCUT2D eigenvalue weighted by Gasteiger charge is -2.32. The molecule has 0 saturated carbocycles. The van der Waals surface area contributed by atoms with Gasteiger partial charge in [0.15, 0.2) is 5.78 Å². The van der Waals surface area contributed by atoms with Crippen molar-refractivity contribution in [3.63, 3.8) is 0 Å². The minimum atomic E-state index is -0.119. The molecule has 1 aliphatic heterocycles. The first kappa shape index (κ1) is 26.8. The van der Waals surface area contributed by atoms with Crippen LogP contribution < -0.4 is 0 Å². The quantitative estimate of drug-likeness (QED) is 0.341. The maximum absolute atomic E-state index is 13.4. The Morgan fingerprint density at radius 2 is 1.89 bits per heavy atom. The van der Waals surface area contributed by atoms with Crippen LogP contribution in [0.15, 0.2) is 42.5 Å². The van der Waals surface area contributed by atoms with E-state index in [1.165, 1.54) is 6.92 Å². The van der Waals surface area contributed by atoms with E-state index in [2.05, 4.69) is 25.1 Å². The molecule has 0 fully saturated rings. The zero-order valence-corrected chi connectivity index (χ0v) is 21.8. The van der Waals surface area contributed by atoms with Crippen LogP contribution in [0.4, 0.5) is 0 Å². The summed E-state index contributed by atoms with van der Waals surface area (Å²) in [5.74, 6) is 1.27. The van der Waals surface area contributed by atoms with Crippen molar-refractivity contribution in [2.24, 2.45) is 17.8 Å². The molecule has 188 valence electrons. The van der Waals surface area contributed by atoms with Gasteiger partial charge in [0.05, 0.1) is 6.42 Å². The Bertz CT molecular complexity index is 1030. The molecule has 1 heterocycles. The van der Waals surface area contributed by atoms with Gasteiger partial charge in [-0.15, -0.1) is 0 Å². The Morgan fingerprint density at radius 3 is 2.60 bits per heavy atom. The maximum atomic E-state index is 13.4. The molecule has 1 aliphatic carbocycles. The highest BCUT2D eigenvalue weighted by Gasteiger charge is 2.34. The maximum Gasteiger partial charge on any atom is 0.163 e. The highest BCUT2D eigenvalue weighted by molar-refractivity contribution is 6.01. The Morgan fingerprint density at radius 1 is 1.11 bits per heavy atom. The predicted octanol–water partition coefficient (Wildman–Crippen LogP) is 6.99. The standard InChI is InChI=1S/C31H40O4/c1-5-12-24(25(6-2)28(33)17-22(4)32)18-23-19-27-26(15-14-21(3)31(27)29(34)20-23)30-13-10-8-7-9-11-16-35-30/h7-9,11,13-15,23-25H,5-6,10,12,16-20H2,1-4H3/b8-7-,11-9-,30-13-. The second-order valence-corrected chi connectivity index (χ2v) is 10.1. The molecule has 0 N–H and O–H groups in total. The third-order valence-electron chi connectivity index (χ3n) is 7.33. The molecule has 1 aromatic carbocycles. The van der Waals surface area contributed by atoms with Gasteiger partial charge >= 0.3 is 0 Å². The molecule has 1 aromatic rings. The van der Waals surface area contributed by atoms with Crippen LogP contribution in [0, 0.1) is 24.7 Å². The van der Waals surface area contributed by atoms with Crippen LogP contribution in [0.3, 0.4) is 0 Å². The summed E-state index contributed by atoms with van der Waals surface area (Å²) in [5.41, 5.74) is 3.96. The van der Waals surface area contributed by atoms with Gasteiger partial charge in [0, 0.05) is 23.5 Å². The topological polar surface area (TPSA) is 60.4 Å². The molecule has 2 aliphatic rings. The van der Waals surface area contributed by atoms with Gasteiger partial charge in [-0.2, -0.15) is 0 Å². The van der Waals surface area contributed by atoms with Crippen LogP contribution in [-0.2, 0) is 20.7 Å². The van der Waals surface area contributed by atoms with E-state index in [4.69, 9.17) is 4.74 Å². The van der Waals surface area contributed by atoms with Gasteiger partial charge in [-0.25, -0.2) is 0 Å². The molecular formula is C31H40O4. The Labute approximate surface area is 210 Å². The summed E-state index contributed by atoms with van der Waals surface area (Å²) in [6.45, 7) is 8.17. The molecule has 0 spiro atoms. The van der Waals surface area contributed by atoms with Crippen LogP contribution in [0.5, 0.6) is 0 Å². The van der Waals surface area contributed by atoms with Gasteiger partial charge < -0.3 is 4.74 Å². The number of carbonyl (C=O) groups excluding carboxylic acids is 3. The lowest BCUT2D eigenvalue weighted by Crippen LogP contribution is -2.30. The SMILES string of the molecule is CCCC(CC1CC(=O)c2c(C)ccc(/C3=C/C/C=C\C=C/CO3)c2C1)C(CC)C(=O)CC(C)=O. The van der Waals surface area contributed by atoms with Crippen molar-refractivity contribution in [3.8, 4) is 0 Å². The number of rotatable bonds is 10. The average molecular weight is 477 g/mol. The smallest absolute Gasteiger partial charge is 0.163 e. The van der Waals surface area contributed by atoms with Crippen molar-refractivity contribution < 1.29 is 19.1 Å². The van der Waals surface area contributed by atoms with E-state index < -0.39 is 0 Å². The number of benzene rings is 1. The number of ether oxygens (including phenoxy) is 1. The van der Waals surface area contributed by atoms with E-state index in [1.54, 1.807) is 0 Å². The molecule has 35 heavy (non-hydrogen) atoms. The summed E-state index contributed by atoms with van der Waals surface area (Å²) in [7, 11) is 0. The average Bonchev–Trinajstić information content (AvgIpc) is 2.93. The van der Waals surface area contributed by atoms with Gasteiger partial charge in [-0.3, -0.25) is 14.4 Å². The van der Waals surface area contributed by atoms with E-state index >= 15 is 0 Å². The number of allylic oxidation sites excluding steroid dienone is 4. The Balaban J connectivity index is 1.91. The van der Waals surface area contributed by atoms with Gasteiger partial charge in [0.1, 0.15) is 23.9 Å². The zero-order chi connectivity index (χ0) is 25.4. The summed E-state index contributed by atoms with van der Waals surface area (Å²) in [4.78, 5) is 37.9. The number of Topliss-reactive ketones (excluding diaryl/α,β-unsaturated/α-hetero) is 3. The molecule has 3 atom stereocenters. The van der Waals surface area contributed by atoms with Crippen molar-refractivity contribution in [2.75, 3.05) is 6.61 Å². The molecule has 0 bridgehead atoms. The van der Waals surface area contributed by atoms with Crippen molar-refractivity contribution in [3.05, 3.63) is 64.8 Å². The molecule has 0 amide bonds. The highest BCUT2D eigenvalue weighted by Crippen LogP contribution is 2.39. The first-order chi connectivity index (χ1) is 16.8. The van der Waals surface area contributed by atoms with Crippen molar-refractivity contribution in [1.29, 1.82) is 0 Å². The van der Waals surface area contributed by atoms with Crippen LogP contribution in [0.2, 0.25) is 0 Å². The summed E-state index contributed by atoms with van der Waals surface area (Å²) in [6.07, 6.45) is 15.8. The van der Waals surface area contributed by atoms with Gasteiger partial charge in [-0.1, -0.05) is 57.0 Å². The molecule has 3 unspecified atom stereocenters. The number of hydrogen-bond acceptors (Lipinski definition) is 4. The molecule has 3 rings (SSSR count). The second kappa shape index (κ2) is 12.8. The molecular weight excluding hydrogens is 436 g/mol. The van der Waals surface area contributed by atoms with Crippen LogP contribution >= 0.6 is 0 Å². The summed E-state index contributed by atoms with van der Waals surface area (Å²) in [6, 6.07) is 4.12. The minimum absolute atomic E-state index is 0.0167. The third kappa shape index (κ3) is 6.90. The largest absolute Gasteiger partial charge is 0.489 e. The van der Waals surface area contributed by atoms with Crippen molar-refractivity contribution in [2.45, 2.75) is 79.1 Å². The fourth-order valence-corrected chi connectivity index (χ4v) is 5.82. The zero-order valence-electron chi connectivity index (χ0n) is 21.8. The van der Waals surface area contributed by atoms with E-state index in [0.717, 1.165) is 66.5 Å². The van der Waals surface area contributed by atoms with E-state index in [1.807, 2.05) is 38.1 Å². The predicted molar refractivity (Wildman–Crippen MR) is 141 cm³/mol. The Kier molecular flexibility index (Phi) is 9.83. The third-order valence-corrected chi connectivity index (χ3v) is 7.33. The van der Waals surface area contributed by atoms with Crippen LogP contribution in [-0.4, -0.2) is 24.0 Å². The molecule has 0 aromatic heterocycles. The van der Waals surface area contributed by atoms with Gasteiger partial charge in [0.2, 0.25) is 0 Å². The van der Waals surface area contributed by atoms with E-state index in [0.29, 0.717) is 13.0 Å². The molecule has 0 radical (unpaired) electrons. The minimum Gasteiger partial charge on any atom is -0.489 e. The van der Waals surface area contributed by atoms with Crippen molar-refractivity contribution in [1.82, 2.24) is 0 Å². The lowest BCUT2D eigenvalue weighted by atomic mass is 9.71. The summed E-state index contributed by atoms with van der Waals surface area (Å²) in [5, 5.41) is 0. The van der Waals surface area contributed by atoms with E-state index in [9.17, 15) is 14.4 Å². The summed E-state index contributed by atoms with van der Waals surface area (Å²) < 4.78 is 6.12. The monoisotopic (exact) mass is 476 g/mol. The molecule has 4 heteroatoms. The fraction of sp³-hybridized carbons (Fsp3) is 0.516. The fourth-order valence-electron chi connectivity index (χ4n) is 5.82. The lowest BCUT2D eigenvalue weighted by molar-refractivity contribution is -0.129. The normalized spacial score (nSPS) is 22.8. The van der Waals surface area contributed by atoms with Gasteiger partial charge in [0.25, 0.3) is 0 Å². The number of ketones is 3. The number of carbonyl (C=O) groups is 3. The summed E-state index contributed by atoms with van der Waals surface area (Å²) >= 11 is 0. The number of aryl methyl sites for hydroxylation is 1. The highest BCUT2D eigenvalue weighted by atomic mass is 16.5. The Hall–Kier alpha value is -2.75. The van der Waals surface area contributed by atoms with Crippen LogP contribution in [0.25, 0.3) is 5.76 Å². The first-order valence-electron chi connectivity index (χ1n) is 13.2.